The zero-order valence-corrected chi connectivity index (χ0v) is 10.2. The summed E-state index contributed by atoms with van der Waals surface area (Å²) in [5.41, 5.74) is 0.939. The van der Waals surface area contributed by atoms with Crippen LogP contribution in [0.1, 0.15) is 13.3 Å². The van der Waals surface area contributed by atoms with Crippen LogP contribution in [-0.4, -0.2) is 43.3 Å². The van der Waals surface area contributed by atoms with Crippen LogP contribution in [0, 0.1) is 0 Å². The topological polar surface area (TPSA) is 38.7 Å². The molecule has 3 nitrogen and oxygen atoms in total. The number of carbonyl (C=O) groups excluding carboxylic acids is 1. The van der Waals surface area contributed by atoms with E-state index < -0.39 is 0 Å². The van der Waals surface area contributed by atoms with Gasteiger partial charge in [-0.05, 0) is 13.1 Å². The van der Waals surface area contributed by atoms with Gasteiger partial charge in [0.1, 0.15) is 6.54 Å². The van der Waals surface area contributed by atoms with E-state index in [0.29, 0.717) is 6.61 Å². The summed E-state index contributed by atoms with van der Waals surface area (Å²) in [6.07, 6.45) is 9.27. The lowest BCUT2D eigenvalue weighted by molar-refractivity contribution is -0.141. The molecule has 0 aromatic heterocycles. The average molecular weight is 231 g/mol. The molecule has 0 aliphatic carbocycles. The molecular formula is C9H15NO2P2. The number of esters is 1. The van der Waals surface area contributed by atoms with Crippen LogP contribution in [0.15, 0.2) is 4.99 Å². The van der Waals surface area contributed by atoms with Crippen molar-refractivity contribution >= 4 is 40.4 Å². The summed E-state index contributed by atoms with van der Waals surface area (Å²) < 4.78 is 4.76. The first-order valence-corrected chi connectivity index (χ1v) is 6.67. The Morgan fingerprint density at radius 2 is 2.21 bits per heavy atom. The van der Waals surface area contributed by atoms with Crippen LogP contribution in [0.3, 0.4) is 0 Å². The Bertz CT molecular complexity index is 239. The van der Waals surface area contributed by atoms with Crippen LogP contribution in [0.4, 0.5) is 0 Å². The molecule has 0 rings (SSSR count). The molecule has 0 saturated heterocycles. The van der Waals surface area contributed by atoms with Crippen LogP contribution in [0.25, 0.3) is 0 Å². The molecule has 0 fully saturated rings. The molecule has 0 aliphatic heterocycles. The minimum absolute atomic E-state index is 0.111. The molecule has 0 aromatic carbocycles. The van der Waals surface area contributed by atoms with Gasteiger partial charge in [-0.15, -0.1) is 8.20 Å². The molecule has 78 valence electrons. The zero-order valence-electron chi connectivity index (χ0n) is 8.40. The zero-order chi connectivity index (χ0) is 10.8. The summed E-state index contributed by atoms with van der Waals surface area (Å²) in [5, 5.41) is 0. The van der Waals surface area contributed by atoms with Gasteiger partial charge in [0.2, 0.25) is 0 Å². The van der Waals surface area contributed by atoms with Gasteiger partial charge in [-0.3, -0.25) is 9.79 Å². The van der Waals surface area contributed by atoms with Crippen molar-refractivity contribution in [1.82, 2.24) is 0 Å². The Kier molecular flexibility index (Phi) is 8.72. The maximum atomic E-state index is 11.0. The van der Waals surface area contributed by atoms with Crippen LogP contribution < -0.4 is 0 Å². The van der Waals surface area contributed by atoms with E-state index in [1.807, 2.05) is 0 Å². The number of hydrogen-bond acceptors (Lipinski definition) is 3. The predicted molar refractivity (Wildman–Crippen MR) is 66.5 cm³/mol. The highest BCUT2D eigenvalue weighted by molar-refractivity contribution is 7.56. The highest BCUT2D eigenvalue weighted by Gasteiger charge is 2.00. The standard InChI is InChI=1S/C9H15NO2P2/c1-4-12-9(11)7-10-8(14-3)5-6-13-2/h2-7H2,1H3. The highest BCUT2D eigenvalue weighted by Crippen LogP contribution is 2.06. The molecule has 0 saturated carbocycles. The molecule has 14 heavy (non-hydrogen) atoms. The Hall–Kier alpha value is -0.520. The second-order valence-corrected chi connectivity index (χ2v) is 4.12. The van der Waals surface area contributed by atoms with Gasteiger partial charge in [0.25, 0.3) is 0 Å². The quantitative estimate of drug-likeness (QED) is 0.382. The Morgan fingerprint density at radius 1 is 1.50 bits per heavy atom. The number of carbonyl (C=O) groups is 1. The lowest BCUT2D eigenvalue weighted by atomic mass is 10.5. The average Bonchev–Trinajstić information content (AvgIpc) is 2.19. The number of rotatable bonds is 7. The first-order valence-electron chi connectivity index (χ1n) is 4.32. The SMILES string of the molecule is C=PCCC(=NCC(=O)OCC)P=C. The third-order valence-corrected chi connectivity index (χ3v) is 2.64. The Balaban J connectivity index is 3.96. The lowest BCUT2D eigenvalue weighted by Crippen LogP contribution is -2.08. The molecule has 0 spiro atoms. The summed E-state index contributed by atoms with van der Waals surface area (Å²) >= 11 is 0. The van der Waals surface area contributed by atoms with Crippen LogP contribution in [-0.2, 0) is 9.53 Å². The van der Waals surface area contributed by atoms with Gasteiger partial charge in [-0.1, -0.05) is 20.8 Å². The summed E-state index contributed by atoms with van der Waals surface area (Å²) in [4.78, 5) is 15.1. The van der Waals surface area contributed by atoms with E-state index >= 15 is 0 Å². The first kappa shape index (κ1) is 13.5. The molecule has 0 N–H and O–H groups in total. The number of hydrogen-bond donors (Lipinski definition) is 0. The fourth-order valence-corrected chi connectivity index (χ4v) is 1.74. The number of aliphatic imine (C=N–C) groups is 1. The van der Waals surface area contributed by atoms with E-state index in [1.165, 1.54) is 0 Å². The van der Waals surface area contributed by atoms with Crippen LogP contribution in [0.2, 0.25) is 0 Å². The van der Waals surface area contributed by atoms with Gasteiger partial charge < -0.3 is 4.74 Å². The Morgan fingerprint density at radius 3 is 2.71 bits per heavy atom. The molecule has 0 atom stereocenters. The molecule has 5 heteroatoms. The van der Waals surface area contributed by atoms with Gasteiger partial charge in [0.05, 0.1) is 12.1 Å². The van der Waals surface area contributed by atoms with Crippen molar-refractivity contribution in [3.8, 4) is 0 Å². The number of ether oxygens (including phenoxy) is 1. The van der Waals surface area contributed by atoms with Gasteiger partial charge >= 0.3 is 5.97 Å². The van der Waals surface area contributed by atoms with Gasteiger partial charge in [0, 0.05) is 6.42 Å². The summed E-state index contributed by atoms with van der Waals surface area (Å²) in [5.74, 6) is -0.277. The third kappa shape index (κ3) is 6.94. The third-order valence-electron chi connectivity index (χ3n) is 1.37. The molecule has 0 radical (unpaired) electrons. The van der Waals surface area contributed by atoms with E-state index in [0.717, 1.165) is 34.4 Å². The fraction of sp³-hybridized carbons (Fsp3) is 0.556. The van der Waals surface area contributed by atoms with Crippen molar-refractivity contribution < 1.29 is 9.53 Å². The van der Waals surface area contributed by atoms with E-state index in [4.69, 9.17) is 4.74 Å². The van der Waals surface area contributed by atoms with Crippen molar-refractivity contribution in [2.24, 2.45) is 4.99 Å². The molecule has 0 aliphatic rings. The highest BCUT2D eigenvalue weighted by atomic mass is 31.1. The maximum absolute atomic E-state index is 11.0. The molecule has 0 unspecified atom stereocenters. The first-order chi connectivity index (χ1) is 6.74. The lowest BCUT2D eigenvalue weighted by Gasteiger charge is -1.99. The summed E-state index contributed by atoms with van der Waals surface area (Å²) in [6, 6.07) is 0. The van der Waals surface area contributed by atoms with Crippen LogP contribution >= 0.6 is 16.4 Å². The molecule has 0 heterocycles. The molecule has 0 aromatic rings. The molecular weight excluding hydrogens is 216 g/mol. The minimum atomic E-state index is -0.277. The normalized spacial score (nSPS) is 11.9. The number of nitrogens with zero attached hydrogens (tertiary/aromatic N) is 1. The second kappa shape index (κ2) is 9.05. The molecule has 0 bridgehead atoms. The molecule has 0 amide bonds. The van der Waals surface area contributed by atoms with Crippen molar-refractivity contribution in [3.63, 3.8) is 0 Å². The van der Waals surface area contributed by atoms with Gasteiger partial charge in [-0.2, -0.15) is 0 Å². The summed E-state index contributed by atoms with van der Waals surface area (Å²) in [6.45, 7) is 2.30. The predicted octanol–water partition coefficient (Wildman–Crippen LogP) is 2.09. The largest absolute Gasteiger partial charge is 0.465 e. The van der Waals surface area contributed by atoms with E-state index in [1.54, 1.807) is 6.92 Å². The summed E-state index contributed by atoms with van der Waals surface area (Å²) in [7, 11) is 1.97. The van der Waals surface area contributed by atoms with Gasteiger partial charge in [-0.25, -0.2) is 0 Å². The van der Waals surface area contributed by atoms with Crippen molar-refractivity contribution in [1.29, 1.82) is 0 Å². The van der Waals surface area contributed by atoms with Gasteiger partial charge in [0.15, 0.2) is 0 Å². The van der Waals surface area contributed by atoms with Crippen LogP contribution in [0.5, 0.6) is 0 Å². The van der Waals surface area contributed by atoms with E-state index in [2.05, 4.69) is 17.6 Å². The van der Waals surface area contributed by atoms with Crippen molar-refractivity contribution in [2.75, 3.05) is 19.3 Å². The fourth-order valence-electron chi connectivity index (χ4n) is 0.750. The van der Waals surface area contributed by atoms with E-state index in [-0.39, 0.29) is 12.5 Å². The van der Waals surface area contributed by atoms with E-state index in [9.17, 15) is 4.79 Å². The maximum Gasteiger partial charge on any atom is 0.327 e. The Labute approximate surface area is 88.2 Å². The smallest absolute Gasteiger partial charge is 0.327 e. The minimum Gasteiger partial charge on any atom is -0.465 e. The van der Waals surface area contributed by atoms with Crippen molar-refractivity contribution in [2.45, 2.75) is 13.3 Å². The van der Waals surface area contributed by atoms with Crippen molar-refractivity contribution in [3.05, 3.63) is 0 Å². The monoisotopic (exact) mass is 231 g/mol. The second-order valence-electron chi connectivity index (χ2n) is 2.39.